The highest BCUT2D eigenvalue weighted by atomic mass is 16.6. The van der Waals surface area contributed by atoms with Crippen molar-refractivity contribution in [2.45, 2.75) is 13.8 Å². The molecular weight excluding hydrogens is 418 g/mol. The molecule has 7 heteroatoms. The van der Waals surface area contributed by atoms with Crippen molar-refractivity contribution >= 4 is 34.8 Å². The van der Waals surface area contributed by atoms with Crippen molar-refractivity contribution in [3.8, 4) is 0 Å². The number of nitro groups is 1. The zero-order valence-corrected chi connectivity index (χ0v) is 18.5. The number of hydrogen-bond donors (Lipinski definition) is 1. The molecule has 33 heavy (non-hydrogen) atoms. The van der Waals surface area contributed by atoms with Gasteiger partial charge in [-0.25, -0.2) is 0 Å². The standard InChI is InChI=1S/C26H25N3O4/c1-3-28(4-2)26(31)22-15-8-9-16-24(22)27-25(30)23(20-12-6-5-7-13-20)18-19-11-10-14-21(17-19)29(32)33/h5-18H,3-4H2,1-2H3,(H,27,30)/b23-18+. The highest BCUT2D eigenvalue weighted by molar-refractivity contribution is 6.29. The van der Waals surface area contributed by atoms with Crippen LogP contribution >= 0.6 is 0 Å². The van der Waals surface area contributed by atoms with Crippen LogP contribution in [0.3, 0.4) is 0 Å². The number of rotatable bonds is 8. The molecule has 0 heterocycles. The van der Waals surface area contributed by atoms with E-state index in [-0.39, 0.29) is 11.6 Å². The Morgan fingerprint density at radius 3 is 2.27 bits per heavy atom. The van der Waals surface area contributed by atoms with Gasteiger partial charge in [-0.15, -0.1) is 0 Å². The monoisotopic (exact) mass is 443 g/mol. The van der Waals surface area contributed by atoms with Crippen molar-refractivity contribution < 1.29 is 14.5 Å². The lowest BCUT2D eigenvalue weighted by atomic mass is 10.0. The molecule has 168 valence electrons. The molecule has 0 bridgehead atoms. The van der Waals surface area contributed by atoms with Crippen molar-refractivity contribution in [2.75, 3.05) is 18.4 Å². The molecule has 3 aromatic rings. The molecule has 0 saturated heterocycles. The van der Waals surface area contributed by atoms with Crippen LogP contribution in [0, 0.1) is 10.1 Å². The van der Waals surface area contributed by atoms with Crippen LogP contribution in [-0.2, 0) is 4.79 Å². The summed E-state index contributed by atoms with van der Waals surface area (Å²) in [6.45, 7) is 4.91. The quantitative estimate of drug-likeness (QED) is 0.223. The zero-order chi connectivity index (χ0) is 23.8. The molecule has 0 atom stereocenters. The molecule has 2 amide bonds. The minimum atomic E-state index is -0.478. The van der Waals surface area contributed by atoms with Gasteiger partial charge >= 0.3 is 0 Å². The average Bonchev–Trinajstić information content (AvgIpc) is 2.84. The van der Waals surface area contributed by atoms with Gasteiger partial charge in [0.05, 0.1) is 16.2 Å². The molecule has 0 aliphatic rings. The molecule has 0 spiro atoms. The topological polar surface area (TPSA) is 92.6 Å². The maximum atomic E-state index is 13.4. The normalized spacial score (nSPS) is 11.0. The molecule has 7 nitrogen and oxygen atoms in total. The summed E-state index contributed by atoms with van der Waals surface area (Å²) in [4.78, 5) is 38.7. The molecule has 0 aliphatic heterocycles. The maximum Gasteiger partial charge on any atom is 0.270 e. The van der Waals surface area contributed by atoms with E-state index in [1.165, 1.54) is 12.1 Å². The number of amides is 2. The van der Waals surface area contributed by atoms with Gasteiger partial charge in [0.1, 0.15) is 0 Å². The van der Waals surface area contributed by atoms with Crippen molar-refractivity contribution in [2.24, 2.45) is 0 Å². The fraction of sp³-hybridized carbons (Fsp3) is 0.154. The summed E-state index contributed by atoms with van der Waals surface area (Å²) in [5.74, 6) is -0.590. The fourth-order valence-corrected chi connectivity index (χ4v) is 3.44. The van der Waals surface area contributed by atoms with E-state index < -0.39 is 10.8 Å². The van der Waals surface area contributed by atoms with Gasteiger partial charge in [0, 0.05) is 30.8 Å². The Hall–Kier alpha value is -4.26. The SMILES string of the molecule is CCN(CC)C(=O)c1ccccc1NC(=O)/C(=C/c1cccc([N+](=O)[O-])c1)c1ccccc1. The summed E-state index contributed by atoms with van der Waals surface area (Å²) < 4.78 is 0. The molecule has 0 saturated carbocycles. The van der Waals surface area contributed by atoms with Gasteiger partial charge in [0.25, 0.3) is 17.5 Å². The maximum absolute atomic E-state index is 13.4. The number of para-hydroxylation sites is 1. The number of benzene rings is 3. The second-order valence-electron chi connectivity index (χ2n) is 7.25. The Morgan fingerprint density at radius 1 is 0.939 bits per heavy atom. The van der Waals surface area contributed by atoms with E-state index in [1.807, 2.05) is 32.0 Å². The van der Waals surface area contributed by atoms with E-state index in [4.69, 9.17) is 0 Å². The number of anilines is 1. The number of carbonyl (C=O) groups excluding carboxylic acids is 2. The first-order chi connectivity index (χ1) is 15.9. The number of non-ortho nitro benzene ring substituents is 1. The Morgan fingerprint density at radius 2 is 1.61 bits per heavy atom. The second kappa shape index (κ2) is 10.9. The Labute approximate surface area is 192 Å². The van der Waals surface area contributed by atoms with Gasteiger partial charge in [-0.05, 0) is 43.2 Å². The second-order valence-corrected chi connectivity index (χ2v) is 7.25. The first-order valence-corrected chi connectivity index (χ1v) is 10.7. The molecule has 0 aromatic heterocycles. The number of hydrogen-bond acceptors (Lipinski definition) is 4. The van der Waals surface area contributed by atoms with E-state index in [1.54, 1.807) is 59.5 Å². The molecule has 3 aromatic carbocycles. The van der Waals surface area contributed by atoms with E-state index in [2.05, 4.69) is 5.32 Å². The zero-order valence-electron chi connectivity index (χ0n) is 18.5. The Balaban J connectivity index is 2.01. The van der Waals surface area contributed by atoms with E-state index in [0.717, 1.165) is 0 Å². The molecular formula is C26H25N3O4. The smallest absolute Gasteiger partial charge is 0.270 e. The highest BCUT2D eigenvalue weighted by Crippen LogP contribution is 2.24. The minimum absolute atomic E-state index is 0.0632. The Bertz CT molecular complexity index is 1180. The summed E-state index contributed by atoms with van der Waals surface area (Å²) in [5, 5.41) is 14.0. The predicted octanol–water partition coefficient (Wildman–Crippen LogP) is 5.26. The number of nitrogens with zero attached hydrogens (tertiary/aromatic N) is 2. The highest BCUT2D eigenvalue weighted by Gasteiger charge is 2.19. The van der Waals surface area contributed by atoms with Crippen molar-refractivity contribution in [3.63, 3.8) is 0 Å². The lowest BCUT2D eigenvalue weighted by Gasteiger charge is -2.20. The predicted molar refractivity (Wildman–Crippen MR) is 130 cm³/mol. The van der Waals surface area contributed by atoms with Crippen LogP contribution in [0.4, 0.5) is 11.4 Å². The largest absolute Gasteiger partial charge is 0.339 e. The van der Waals surface area contributed by atoms with Gasteiger partial charge in [0.2, 0.25) is 0 Å². The number of nitro benzene ring substituents is 1. The summed E-state index contributed by atoms with van der Waals surface area (Å²) in [6.07, 6.45) is 1.60. The van der Waals surface area contributed by atoms with E-state index >= 15 is 0 Å². The summed E-state index contributed by atoms with van der Waals surface area (Å²) in [6, 6.07) is 22.0. The first kappa shape index (κ1) is 23.4. The fourth-order valence-electron chi connectivity index (χ4n) is 3.44. The molecule has 3 rings (SSSR count). The van der Waals surface area contributed by atoms with Gasteiger partial charge in [-0.3, -0.25) is 19.7 Å². The van der Waals surface area contributed by atoms with E-state index in [0.29, 0.717) is 41.0 Å². The van der Waals surface area contributed by atoms with Crippen LogP contribution < -0.4 is 5.32 Å². The van der Waals surface area contributed by atoms with Crippen molar-refractivity contribution in [1.29, 1.82) is 0 Å². The molecule has 0 fully saturated rings. The van der Waals surface area contributed by atoms with E-state index in [9.17, 15) is 19.7 Å². The van der Waals surface area contributed by atoms with Crippen LogP contribution in [0.1, 0.15) is 35.3 Å². The third kappa shape index (κ3) is 5.71. The van der Waals surface area contributed by atoms with Crippen LogP contribution in [0.2, 0.25) is 0 Å². The summed E-state index contributed by atoms with van der Waals surface area (Å²) in [7, 11) is 0. The van der Waals surface area contributed by atoms with Crippen LogP contribution in [-0.4, -0.2) is 34.7 Å². The summed E-state index contributed by atoms with van der Waals surface area (Å²) in [5.41, 5.74) is 2.23. The minimum Gasteiger partial charge on any atom is -0.339 e. The van der Waals surface area contributed by atoms with Gasteiger partial charge < -0.3 is 10.2 Å². The van der Waals surface area contributed by atoms with Gasteiger partial charge in [0.15, 0.2) is 0 Å². The van der Waals surface area contributed by atoms with Gasteiger partial charge in [-0.1, -0.05) is 54.6 Å². The van der Waals surface area contributed by atoms with Crippen molar-refractivity contribution in [3.05, 3.63) is 106 Å². The lowest BCUT2D eigenvalue weighted by Crippen LogP contribution is -2.31. The molecule has 1 N–H and O–H groups in total. The third-order valence-electron chi connectivity index (χ3n) is 5.18. The molecule has 0 aliphatic carbocycles. The number of nitrogens with one attached hydrogen (secondary N) is 1. The molecule has 0 radical (unpaired) electrons. The average molecular weight is 444 g/mol. The van der Waals surface area contributed by atoms with Crippen LogP contribution in [0.15, 0.2) is 78.9 Å². The lowest BCUT2D eigenvalue weighted by molar-refractivity contribution is -0.384. The first-order valence-electron chi connectivity index (χ1n) is 10.7. The third-order valence-corrected chi connectivity index (χ3v) is 5.18. The number of carbonyl (C=O) groups is 2. The summed E-state index contributed by atoms with van der Waals surface area (Å²) >= 11 is 0. The van der Waals surface area contributed by atoms with Crippen LogP contribution in [0.5, 0.6) is 0 Å². The van der Waals surface area contributed by atoms with Gasteiger partial charge in [-0.2, -0.15) is 0 Å². The van der Waals surface area contributed by atoms with Crippen LogP contribution in [0.25, 0.3) is 11.6 Å². The Kier molecular flexibility index (Phi) is 7.70. The molecule has 0 unspecified atom stereocenters. The van der Waals surface area contributed by atoms with Crippen molar-refractivity contribution in [1.82, 2.24) is 4.90 Å².